The molecule has 4 heteroatoms. The molecule has 2 aromatic rings. The van der Waals surface area contributed by atoms with E-state index in [0.29, 0.717) is 11.4 Å². The number of nitrogens with one attached hydrogen (secondary N) is 1. The molecule has 0 atom stereocenters. The van der Waals surface area contributed by atoms with Crippen LogP contribution in [0.1, 0.15) is 0 Å². The first kappa shape index (κ1) is 10.4. The molecule has 0 aliphatic carbocycles. The minimum Gasteiger partial charge on any atom is -0.395 e. The van der Waals surface area contributed by atoms with Gasteiger partial charge in [-0.3, -0.25) is 0 Å². The molecular weight excluding hydrogens is 210 g/mol. The maximum absolute atomic E-state index is 13.1. The number of anilines is 3. The molecule has 0 spiro atoms. The molecule has 2 rings (SSSR count). The number of hydrogen-bond donors (Lipinski definition) is 2. The van der Waals surface area contributed by atoms with E-state index in [9.17, 15) is 8.78 Å². The third-order valence-corrected chi connectivity index (χ3v) is 2.18. The zero-order valence-corrected chi connectivity index (χ0v) is 8.37. The maximum atomic E-state index is 13.1. The van der Waals surface area contributed by atoms with Gasteiger partial charge in [-0.2, -0.15) is 0 Å². The first-order chi connectivity index (χ1) is 7.66. The Hall–Kier alpha value is -2.10. The van der Waals surface area contributed by atoms with E-state index in [1.54, 1.807) is 24.3 Å². The maximum Gasteiger partial charge on any atom is 0.148 e. The Bertz CT molecular complexity index is 495. The van der Waals surface area contributed by atoms with E-state index < -0.39 is 5.82 Å². The minimum atomic E-state index is -0.480. The highest BCUT2D eigenvalue weighted by atomic mass is 19.1. The Labute approximate surface area is 91.7 Å². The molecule has 0 fully saturated rings. The summed E-state index contributed by atoms with van der Waals surface area (Å²) >= 11 is 0. The third-order valence-electron chi connectivity index (χ3n) is 2.18. The van der Waals surface area contributed by atoms with Crippen LogP contribution in [0.4, 0.5) is 25.8 Å². The normalized spacial score (nSPS) is 10.1. The van der Waals surface area contributed by atoms with Crippen molar-refractivity contribution in [2.24, 2.45) is 0 Å². The van der Waals surface area contributed by atoms with Gasteiger partial charge in [0.1, 0.15) is 11.6 Å². The van der Waals surface area contributed by atoms with E-state index in [2.05, 4.69) is 5.32 Å². The van der Waals surface area contributed by atoms with Crippen molar-refractivity contribution in [2.45, 2.75) is 0 Å². The molecule has 0 aliphatic rings. The van der Waals surface area contributed by atoms with Gasteiger partial charge < -0.3 is 11.1 Å². The Balaban J connectivity index is 2.27. The summed E-state index contributed by atoms with van der Waals surface area (Å²) in [5.74, 6) is -0.801. The quantitative estimate of drug-likeness (QED) is 0.762. The number of hydrogen-bond acceptors (Lipinski definition) is 2. The summed E-state index contributed by atoms with van der Waals surface area (Å²) in [5.41, 5.74) is 6.71. The molecule has 0 bridgehead atoms. The van der Waals surface area contributed by atoms with Crippen LogP contribution in [-0.4, -0.2) is 0 Å². The van der Waals surface area contributed by atoms with E-state index in [4.69, 9.17) is 5.73 Å². The van der Waals surface area contributed by atoms with Crippen LogP contribution in [0.15, 0.2) is 42.5 Å². The number of nitrogen functional groups attached to an aromatic ring is 1. The summed E-state index contributed by atoms with van der Waals surface area (Å²) in [6.07, 6.45) is 0. The second kappa shape index (κ2) is 4.18. The highest BCUT2D eigenvalue weighted by Gasteiger charge is 2.04. The third kappa shape index (κ3) is 2.11. The van der Waals surface area contributed by atoms with Crippen molar-refractivity contribution in [1.29, 1.82) is 0 Å². The van der Waals surface area contributed by atoms with Crippen LogP contribution >= 0.6 is 0 Å². The van der Waals surface area contributed by atoms with Gasteiger partial charge in [0.05, 0.1) is 11.4 Å². The summed E-state index contributed by atoms with van der Waals surface area (Å²) in [5, 5.41) is 2.91. The highest BCUT2D eigenvalue weighted by molar-refractivity contribution is 5.72. The molecule has 0 heterocycles. The van der Waals surface area contributed by atoms with Gasteiger partial charge in [0, 0.05) is 5.69 Å². The van der Waals surface area contributed by atoms with Crippen LogP contribution in [0, 0.1) is 11.6 Å². The fourth-order valence-electron chi connectivity index (χ4n) is 1.33. The highest BCUT2D eigenvalue weighted by Crippen LogP contribution is 2.25. The van der Waals surface area contributed by atoms with Gasteiger partial charge in [0.25, 0.3) is 0 Å². The van der Waals surface area contributed by atoms with Crippen LogP contribution in [0.3, 0.4) is 0 Å². The van der Waals surface area contributed by atoms with Crippen LogP contribution in [0.2, 0.25) is 0 Å². The van der Waals surface area contributed by atoms with Crippen molar-refractivity contribution in [3.63, 3.8) is 0 Å². The molecule has 3 N–H and O–H groups in total. The van der Waals surface area contributed by atoms with Gasteiger partial charge in [-0.25, -0.2) is 8.78 Å². The Kier molecular flexibility index (Phi) is 2.72. The standard InChI is InChI=1S/C12H10F2N2/c13-8-4-6-9(7-5-8)16-11-3-1-2-10(14)12(11)15/h1-7,16H,15H2. The summed E-state index contributed by atoms with van der Waals surface area (Å²) in [7, 11) is 0. The predicted octanol–water partition coefficient (Wildman–Crippen LogP) is 3.29. The van der Waals surface area contributed by atoms with Crippen molar-refractivity contribution in [2.75, 3.05) is 11.1 Å². The van der Waals surface area contributed by atoms with Crippen molar-refractivity contribution in [3.8, 4) is 0 Å². The van der Waals surface area contributed by atoms with Crippen molar-refractivity contribution in [3.05, 3.63) is 54.1 Å². The second-order valence-electron chi connectivity index (χ2n) is 3.33. The van der Waals surface area contributed by atoms with E-state index in [1.165, 1.54) is 18.2 Å². The molecular formula is C12H10F2N2. The second-order valence-corrected chi connectivity index (χ2v) is 3.33. The number of para-hydroxylation sites is 1. The summed E-state index contributed by atoms with van der Waals surface area (Å²) < 4.78 is 25.8. The fourth-order valence-corrected chi connectivity index (χ4v) is 1.33. The zero-order chi connectivity index (χ0) is 11.5. The largest absolute Gasteiger partial charge is 0.395 e. The number of halogens is 2. The summed E-state index contributed by atoms with van der Waals surface area (Å²) in [6, 6.07) is 10.2. The lowest BCUT2D eigenvalue weighted by molar-refractivity contribution is 0.628. The molecule has 0 radical (unpaired) electrons. The first-order valence-electron chi connectivity index (χ1n) is 4.73. The van der Waals surface area contributed by atoms with E-state index in [0.717, 1.165) is 0 Å². The first-order valence-corrected chi connectivity index (χ1v) is 4.73. The van der Waals surface area contributed by atoms with Crippen LogP contribution in [-0.2, 0) is 0 Å². The van der Waals surface area contributed by atoms with Crippen molar-refractivity contribution in [1.82, 2.24) is 0 Å². The Morgan fingerprint density at radius 3 is 2.31 bits per heavy atom. The molecule has 2 nitrogen and oxygen atoms in total. The van der Waals surface area contributed by atoms with Gasteiger partial charge >= 0.3 is 0 Å². The van der Waals surface area contributed by atoms with Crippen LogP contribution < -0.4 is 11.1 Å². The van der Waals surface area contributed by atoms with Gasteiger partial charge in [0.2, 0.25) is 0 Å². The molecule has 16 heavy (non-hydrogen) atoms. The smallest absolute Gasteiger partial charge is 0.148 e. The Morgan fingerprint density at radius 2 is 1.62 bits per heavy atom. The molecule has 0 amide bonds. The zero-order valence-electron chi connectivity index (χ0n) is 8.37. The van der Waals surface area contributed by atoms with Gasteiger partial charge in [-0.15, -0.1) is 0 Å². The minimum absolute atomic E-state index is 0.0480. The molecule has 0 aromatic heterocycles. The van der Waals surface area contributed by atoms with E-state index >= 15 is 0 Å². The van der Waals surface area contributed by atoms with Crippen LogP contribution in [0.5, 0.6) is 0 Å². The van der Waals surface area contributed by atoms with Gasteiger partial charge in [-0.1, -0.05) is 6.07 Å². The number of nitrogens with two attached hydrogens (primary N) is 1. The molecule has 0 saturated carbocycles. The lowest BCUT2D eigenvalue weighted by Crippen LogP contribution is -1.98. The van der Waals surface area contributed by atoms with Crippen molar-refractivity contribution < 1.29 is 8.78 Å². The monoisotopic (exact) mass is 220 g/mol. The topological polar surface area (TPSA) is 38.0 Å². The predicted molar refractivity (Wildman–Crippen MR) is 60.5 cm³/mol. The van der Waals surface area contributed by atoms with E-state index in [1.807, 2.05) is 0 Å². The number of rotatable bonds is 2. The Morgan fingerprint density at radius 1 is 0.938 bits per heavy atom. The van der Waals surface area contributed by atoms with Gasteiger partial charge in [0.15, 0.2) is 0 Å². The molecule has 82 valence electrons. The average Bonchev–Trinajstić information content (AvgIpc) is 2.28. The average molecular weight is 220 g/mol. The SMILES string of the molecule is Nc1c(F)cccc1Nc1ccc(F)cc1. The molecule has 2 aromatic carbocycles. The summed E-state index contributed by atoms with van der Waals surface area (Å²) in [6.45, 7) is 0. The molecule has 0 saturated heterocycles. The number of benzene rings is 2. The fraction of sp³-hybridized carbons (Fsp3) is 0. The molecule has 0 aliphatic heterocycles. The van der Waals surface area contributed by atoms with Gasteiger partial charge in [-0.05, 0) is 36.4 Å². The lowest BCUT2D eigenvalue weighted by atomic mass is 10.2. The van der Waals surface area contributed by atoms with Crippen molar-refractivity contribution >= 4 is 17.1 Å². The summed E-state index contributed by atoms with van der Waals surface area (Å²) in [4.78, 5) is 0. The van der Waals surface area contributed by atoms with E-state index in [-0.39, 0.29) is 11.5 Å². The lowest BCUT2D eigenvalue weighted by Gasteiger charge is -2.09. The molecule has 0 unspecified atom stereocenters. The van der Waals surface area contributed by atoms with Crippen LogP contribution in [0.25, 0.3) is 0 Å².